The molecule has 5 nitrogen and oxygen atoms in total. The molecule has 0 aromatic heterocycles. The molecule has 0 bridgehead atoms. The van der Waals surface area contributed by atoms with Crippen LogP contribution in [0.2, 0.25) is 0 Å². The number of ether oxygens (including phenoxy) is 1. The smallest absolute Gasteiger partial charge is 0.374 e. The van der Waals surface area contributed by atoms with Gasteiger partial charge in [-0.3, -0.25) is 4.99 Å². The van der Waals surface area contributed by atoms with Gasteiger partial charge in [0.15, 0.2) is 5.96 Å². The molecule has 9 heteroatoms. The number of alkyl halides is 3. The Morgan fingerprint density at radius 1 is 1.36 bits per heavy atom. The highest BCUT2D eigenvalue weighted by molar-refractivity contribution is 5.79. The maximum atomic E-state index is 13.1. The van der Waals surface area contributed by atoms with Crippen LogP contribution in [0.3, 0.4) is 0 Å². The fourth-order valence-corrected chi connectivity index (χ4v) is 2.57. The van der Waals surface area contributed by atoms with Crippen LogP contribution in [0.25, 0.3) is 0 Å². The number of halogens is 4. The van der Waals surface area contributed by atoms with E-state index >= 15 is 0 Å². The first-order valence-electron chi connectivity index (χ1n) is 7.90. The third-order valence-electron chi connectivity index (χ3n) is 3.89. The summed E-state index contributed by atoms with van der Waals surface area (Å²) in [6.07, 6.45) is -4.63. The highest BCUT2D eigenvalue weighted by Crippen LogP contribution is 2.32. The van der Waals surface area contributed by atoms with Gasteiger partial charge in [-0.2, -0.15) is 13.2 Å². The average Bonchev–Trinajstić information content (AvgIpc) is 2.55. The molecule has 1 atom stereocenters. The van der Waals surface area contributed by atoms with Crippen molar-refractivity contribution >= 4 is 5.96 Å². The predicted octanol–water partition coefficient (Wildman–Crippen LogP) is 1.84. The Hall–Kier alpha value is -1.87. The first-order chi connectivity index (χ1) is 11.8. The molecule has 0 spiro atoms. The van der Waals surface area contributed by atoms with Gasteiger partial charge in [-0.15, -0.1) is 0 Å². The lowest BCUT2D eigenvalue weighted by molar-refractivity contribution is -0.138. The average molecular weight is 362 g/mol. The number of likely N-dealkylation sites (N-methyl/N-ethyl adjacent to an activating group) is 1. The van der Waals surface area contributed by atoms with Gasteiger partial charge in [0.05, 0.1) is 18.3 Å². The molecule has 140 valence electrons. The van der Waals surface area contributed by atoms with Crippen LogP contribution >= 0.6 is 0 Å². The minimum Gasteiger partial charge on any atom is -0.374 e. The number of morpholine rings is 1. The van der Waals surface area contributed by atoms with Crippen LogP contribution in [-0.2, 0) is 17.5 Å². The van der Waals surface area contributed by atoms with Crippen LogP contribution in [-0.4, -0.2) is 57.3 Å². The Bertz CT molecular complexity index is 606. The first kappa shape index (κ1) is 19.5. The van der Waals surface area contributed by atoms with Crippen LogP contribution in [0, 0.1) is 5.82 Å². The third kappa shape index (κ3) is 5.86. The summed E-state index contributed by atoms with van der Waals surface area (Å²) in [4.78, 5) is 6.12. The van der Waals surface area contributed by atoms with Gasteiger partial charge in [0.1, 0.15) is 5.82 Å². The van der Waals surface area contributed by atoms with E-state index in [1.54, 1.807) is 0 Å². The van der Waals surface area contributed by atoms with Gasteiger partial charge in [-0.25, -0.2) is 4.39 Å². The second-order valence-corrected chi connectivity index (χ2v) is 5.86. The molecule has 0 saturated carbocycles. The summed E-state index contributed by atoms with van der Waals surface area (Å²) >= 11 is 0. The monoisotopic (exact) mass is 362 g/mol. The molecule has 0 radical (unpaired) electrons. The van der Waals surface area contributed by atoms with Crippen LogP contribution in [0.1, 0.15) is 11.1 Å². The van der Waals surface area contributed by atoms with Crippen molar-refractivity contribution in [1.82, 2.24) is 15.5 Å². The lowest BCUT2D eigenvalue weighted by Crippen LogP contribution is -2.48. The number of aliphatic imine (C=N–C) groups is 1. The van der Waals surface area contributed by atoms with Gasteiger partial charge in [-0.1, -0.05) is 6.07 Å². The number of nitrogens with zero attached hydrogens (tertiary/aromatic N) is 2. The number of nitrogens with one attached hydrogen (secondary N) is 2. The van der Waals surface area contributed by atoms with E-state index in [0.29, 0.717) is 25.2 Å². The van der Waals surface area contributed by atoms with Crippen LogP contribution in [0.15, 0.2) is 23.2 Å². The van der Waals surface area contributed by atoms with Crippen LogP contribution < -0.4 is 10.6 Å². The van der Waals surface area contributed by atoms with Gasteiger partial charge in [0.2, 0.25) is 0 Å². The number of hydrogen-bond donors (Lipinski definition) is 2. The number of hydrogen-bond acceptors (Lipinski definition) is 3. The SMILES string of the molecule is CN=C(NCc1ccc(F)cc1C(F)(F)F)NCC1CN(C)CCO1. The largest absolute Gasteiger partial charge is 0.416 e. The minimum atomic E-state index is -4.61. The van der Waals surface area contributed by atoms with E-state index in [0.717, 1.165) is 25.2 Å². The Kier molecular flexibility index (Phi) is 6.60. The van der Waals surface area contributed by atoms with E-state index < -0.39 is 17.6 Å². The first-order valence-corrected chi connectivity index (χ1v) is 7.90. The Morgan fingerprint density at radius 3 is 2.76 bits per heavy atom. The molecule has 1 saturated heterocycles. The maximum Gasteiger partial charge on any atom is 0.416 e. The van der Waals surface area contributed by atoms with Crippen LogP contribution in [0.5, 0.6) is 0 Å². The number of guanidine groups is 1. The zero-order valence-corrected chi connectivity index (χ0v) is 14.2. The van der Waals surface area contributed by atoms with Gasteiger partial charge in [-0.05, 0) is 24.7 Å². The van der Waals surface area contributed by atoms with Crippen LogP contribution in [0.4, 0.5) is 17.6 Å². The second kappa shape index (κ2) is 8.48. The normalized spacial score (nSPS) is 19.8. The molecule has 1 unspecified atom stereocenters. The molecular formula is C16H22F4N4O. The van der Waals surface area contributed by atoms with Crippen molar-refractivity contribution in [2.24, 2.45) is 4.99 Å². The molecule has 0 aliphatic carbocycles. The molecule has 1 aromatic carbocycles. The molecule has 2 N–H and O–H groups in total. The molecular weight excluding hydrogens is 340 g/mol. The summed E-state index contributed by atoms with van der Waals surface area (Å²) in [6.45, 7) is 2.63. The van der Waals surface area contributed by atoms with Crippen molar-refractivity contribution in [3.63, 3.8) is 0 Å². The lowest BCUT2D eigenvalue weighted by atomic mass is 10.1. The molecule has 1 fully saturated rings. The Balaban J connectivity index is 1.93. The molecule has 0 amide bonds. The van der Waals surface area contributed by atoms with Crippen molar-refractivity contribution in [3.05, 3.63) is 35.1 Å². The van der Waals surface area contributed by atoms with Gasteiger partial charge in [0.25, 0.3) is 0 Å². The summed E-state index contributed by atoms with van der Waals surface area (Å²) in [6, 6.07) is 2.63. The predicted molar refractivity (Wildman–Crippen MR) is 86.8 cm³/mol. The van der Waals surface area contributed by atoms with E-state index in [4.69, 9.17) is 4.74 Å². The van der Waals surface area contributed by atoms with Gasteiger partial charge < -0.3 is 20.3 Å². The summed E-state index contributed by atoms with van der Waals surface area (Å²) in [5.41, 5.74) is -1.04. The van der Waals surface area contributed by atoms with Crippen molar-refractivity contribution in [2.75, 3.05) is 40.3 Å². The molecule has 1 aromatic rings. The van der Waals surface area contributed by atoms with E-state index in [1.165, 1.54) is 7.05 Å². The molecule has 1 heterocycles. The molecule has 1 aliphatic heterocycles. The minimum absolute atomic E-state index is 0.0196. The Labute approximate surface area is 144 Å². The van der Waals surface area contributed by atoms with E-state index in [-0.39, 0.29) is 18.2 Å². The number of rotatable bonds is 4. The van der Waals surface area contributed by atoms with E-state index in [9.17, 15) is 17.6 Å². The van der Waals surface area contributed by atoms with Crippen molar-refractivity contribution in [2.45, 2.75) is 18.8 Å². The highest BCUT2D eigenvalue weighted by atomic mass is 19.4. The summed E-state index contributed by atoms with van der Waals surface area (Å²) in [5, 5.41) is 5.85. The summed E-state index contributed by atoms with van der Waals surface area (Å²) < 4.78 is 57.7. The zero-order valence-electron chi connectivity index (χ0n) is 14.2. The fourth-order valence-electron chi connectivity index (χ4n) is 2.57. The quantitative estimate of drug-likeness (QED) is 0.488. The molecule has 2 rings (SSSR count). The molecule has 25 heavy (non-hydrogen) atoms. The Morgan fingerprint density at radius 2 is 2.12 bits per heavy atom. The summed E-state index contributed by atoms with van der Waals surface area (Å²) in [7, 11) is 3.52. The van der Waals surface area contributed by atoms with Gasteiger partial charge in [0, 0.05) is 33.2 Å². The van der Waals surface area contributed by atoms with Crippen molar-refractivity contribution in [3.8, 4) is 0 Å². The standard InChI is InChI=1S/C16H22F4N4O/c1-21-15(23-9-13-10-24(2)5-6-25-13)22-8-11-3-4-12(17)7-14(11)16(18,19)20/h3-4,7,13H,5-6,8-10H2,1-2H3,(H2,21,22,23). The van der Waals surface area contributed by atoms with Crippen molar-refractivity contribution < 1.29 is 22.3 Å². The topological polar surface area (TPSA) is 48.9 Å². The van der Waals surface area contributed by atoms with Gasteiger partial charge >= 0.3 is 6.18 Å². The third-order valence-corrected chi connectivity index (χ3v) is 3.89. The van der Waals surface area contributed by atoms with Crippen molar-refractivity contribution in [1.29, 1.82) is 0 Å². The summed E-state index contributed by atoms with van der Waals surface area (Å²) in [5.74, 6) is -0.563. The highest BCUT2D eigenvalue weighted by Gasteiger charge is 2.33. The lowest BCUT2D eigenvalue weighted by Gasteiger charge is -2.30. The van der Waals surface area contributed by atoms with E-state index in [1.807, 2.05) is 7.05 Å². The van der Waals surface area contributed by atoms with E-state index in [2.05, 4.69) is 20.5 Å². The second-order valence-electron chi connectivity index (χ2n) is 5.86. The molecule has 1 aliphatic rings. The number of benzene rings is 1. The zero-order chi connectivity index (χ0) is 18.4. The maximum absolute atomic E-state index is 13.1. The fraction of sp³-hybridized carbons (Fsp3) is 0.562.